The number of carbonyl (C=O) groups is 2. The molecule has 5 heteroatoms. The van der Waals surface area contributed by atoms with E-state index in [9.17, 15) is 14.7 Å². The second-order valence-electron chi connectivity index (χ2n) is 8.28. The molecule has 1 aromatic rings. The van der Waals surface area contributed by atoms with Crippen LogP contribution in [0.2, 0.25) is 0 Å². The fourth-order valence-corrected chi connectivity index (χ4v) is 2.36. The van der Waals surface area contributed by atoms with E-state index in [2.05, 4.69) is 59.0 Å². The van der Waals surface area contributed by atoms with Gasteiger partial charge in [0, 0.05) is 12.4 Å². The lowest BCUT2D eigenvalue weighted by atomic mass is 9.80. The van der Waals surface area contributed by atoms with Crippen LogP contribution in [0.15, 0.2) is 18.2 Å². The van der Waals surface area contributed by atoms with Crippen molar-refractivity contribution in [2.24, 2.45) is 0 Å². The Morgan fingerprint density at radius 3 is 2.20 bits per heavy atom. The molecule has 0 aliphatic carbocycles. The largest absolute Gasteiger partial charge is 0.550 e. The van der Waals surface area contributed by atoms with Crippen molar-refractivity contribution in [2.75, 3.05) is 13.2 Å². The number of ether oxygens (including phenoxy) is 1. The van der Waals surface area contributed by atoms with E-state index in [1.165, 1.54) is 5.56 Å². The third-order valence-electron chi connectivity index (χ3n) is 3.89. The smallest absolute Gasteiger partial charge is 0.220 e. The Morgan fingerprint density at radius 1 is 1.04 bits per heavy atom. The number of carboxylic acids is 1. The van der Waals surface area contributed by atoms with Crippen molar-refractivity contribution >= 4 is 11.9 Å². The molecule has 0 fully saturated rings. The second kappa shape index (κ2) is 8.37. The van der Waals surface area contributed by atoms with Crippen molar-refractivity contribution < 1.29 is 19.4 Å². The topological polar surface area (TPSA) is 78.5 Å². The maximum Gasteiger partial charge on any atom is 0.220 e. The predicted octanol–water partition coefficient (Wildman–Crippen LogP) is 2.31. The molecular formula is C20H30NO4-. The highest BCUT2D eigenvalue weighted by Crippen LogP contribution is 2.35. The summed E-state index contributed by atoms with van der Waals surface area (Å²) in [6.07, 6.45) is -0.342. The zero-order chi connectivity index (χ0) is 19.3. The Labute approximate surface area is 150 Å². The summed E-state index contributed by atoms with van der Waals surface area (Å²) >= 11 is 0. The van der Waals surface area contributed by atoms with Crippen LogP contribution >= 0.6 is 0 Å². The van der Waals surface area contributed by atoms with Crippen LogP contribution in [0.25, 0.3) is 0 Å². The Bertz CT molecular complexity index is 609. The van der Waals surface area contributed by atoms with Crippen molar-refractivity contribution in [3.8, 4) is 5.75 Å². The fraction of sp³-hybridized carbons (Fsp3) is 0.600. The highest BCUT2D eigenvalue weighted by molar-refractivity contribution is 5.79. The Hall–Kier alpha value is -2.04. The molecule has 0 aromatic heterocycles. The van der Waals surface area contributed by atoms with Crippen LogP contribution in [0.5, 0.6) is 5.75 Å². The van der Waals surface area contributed by atoms with Gasteiger partial charge in [-0.3, -0.25) is 4.79 Å². The van der Waals surface area contributed by atoms with Crippen molar-refractivity contribution in [1.82, 2.24) is 5.32 Å². The standard InChI is InChI=1S/C20H31NO4/c1-19(2,3)14-7-8-16(15(13-14)20(4,5)6)25-12-11-21-17(22)9-10-18(23)24/h7-8,13H,9-12H2,1-6H3,(H,21,22)(H,23,24)/p-1. The number of hydrogen-bond donors (Lipinski definition) is 1. The molecule has 1 N–H and O–H groups in total. The fourth-order valence-electron chi connectivity index (χ4n) is 2.36. The van der Waals surface area contributed by atoms with Gasteiger partial charge in [-0.05, 0) is 34.4 Å². The molecule has 0 saturated heterocycles. The molecule has 0 aliphatic heterocycles. The van der Waals surface area contributed by atoms with E-state index in [0.717, 1.165) is 11.3 Å². The number of hydrogen-bond acceptors (Lipinski definition) is 4. The second-order valence-corrected chi connectivity index (χ2v) is 8.28. The molecule has 0 saturated carbocycles. The van der Waals surface area contributed by atoms with Crippen molar-refractivity contribution in [2.45, 2.75) is 65.2 Å². The van der Waals surface area contributed by atoms with E-state index in [4.69, 9.17) is 4.74 Å². The number of rotatable bonds is 7. The van der Waals surface area contributed by atoms with Crippen LogP contribution in [-0.4, -0.2) is 25.0 Å². The van der Waals surface area contributed by atoms with E-state index >= 15 is 0 Å². The first kappa shape index (κ1) is 21.0. The van der Waals surface area contributed by atoms with Crippen molar-refractivity contribution in [3.63, 3.8) is 0 Å². The van der Waals surface area contributed by atoms with Crippen LogP contribution in [0.1, 0.15) is 65.5 Å². The number of nitrogens with one attached hydrogen (secondary N) is 1. The molecule has 1 amide bonds. The maximum atomic E-state index is 11.5. The van der Waals surface area contributed by atoms with Gasteiger partial charge in [-0.2, -0.15) is 0 Å². The molecule has 140 valence electrons. The molecule has 0 unspecified atom stereocenters. The highest BCUT2D eigenvalue weighted by Gasteiger charge is 2.23. The van der Waals surface area contributed by atoms with Gasteiger partial charge >= 0.3 is 0 Å². The van der Waals surface area contributed by atoms with Gasteiger partial charge in [-0.1, -0.05) is 53.7 Å². The average Bonchev–Trinajstić information content (AvgIpc) is 2.47. The SMILES string of the molecule is CC(C)(C)c1ccc(OCCNC(=O)CCC(=O)[O-])c(C(C)(C)C)c1. The Morgan fingerprint density at radius 2 is 1.68 bits per heavy atom. The van der Waals surface area contributed by atoms with E-state index < -0.39 is 5.97 Å². The Kier molecular flexibility index (Phi) is 7.03. The molecule has 1 rings (SSSR count). The summed E-state index contributed by atoms with van der Waals surface area (Å²) in [7, 11) is 0. The lowest BCUT2D eigenvalue weighted by Gasteiger charge is -2.27. The molecule has 25 heavy (non-hydrogen) atoms. The van der Waals surface area contributed by atoms with Gasteiger partial charge in [0.2, 0.25) is 5.91 Å². The summed E-state index contributed by atoms with van der Waals surface area (Å²) in [5.41, 5.74) is 2.38. The minimum absolute atomic E-state index is 0.0610. The van der Waals surface area contributed by atoms with Crippen LogP contribution in [0, 0.1) is 0 Å². The molecule has 0 spiro atoms. The molecule has 0 aliphatic rings. The lowest BCUT2D eigenvalue weighted by Crippen LogP contribution is -2.30. The highest BCUT2D eigenvalue weighted by atomic mass is 16.5. The van der Waals surface area contributed by atoms with Crippen molar-refractivity contribution in [1.29, 1.82) is 0 Å². The van der Waals surface area contributed by atoms with E-state index in [1.807, 2.05) is 6.07 Å². The number of carboxylic acid groups (broad SMARTS) is 1. The summed E-state index contributed by atoms with van der Waals surface area (Å²) in [5.74, 6) is -0.725. The summed E-state index contributed by atoms with van der Waals surface area (Å²) in [6.45, 7) is 13.6. The summed E-state index contributed by atoms with van der Waals surface area (Å²) in [4.78, 5) is 21.8. The lowest BCUT2D eigenvalue weighted by molar-refractivity contribution is -0.305. The molecule has 1 aromatic carbocycles. The maximum absolute atomic E-state index is 11.5. The minimum atomic E-state index is -1.22. The first-order chi connectivity index (χ1) is 11.4. The number of carbonyl (C=O) groups excluding carboxylic acids is 2. The zero-order valence-corrected chi connectivity index (χ0v) is 16.2. The van der Waals surface area contributed by atoms with Gasteiger partial charge in [0.1, 0.15) is 12.4 Å². The van der Waals surface area contributed by atoms with Crippen LogP contribution in [0.4, 0.5) is 0 Å². The van der Waals surface area contributed by atoms with Crippen LogP contribution in [-0.2, 0) is 20.4 Å². The molecule has 0 heterocycles. The van der Waals surface area contributed by atoms with Gasteiger partial charge in [-0.25, -0.2) is 0 Å². The summed E-state index contributed by atoms with van der Waals surface area (Å²) in [6, 6.07) is 6.25. The number of aliphatic carboxylic acids is 1. The normalized spacial score (nSPS) is 11.9. The minimum Gasteiger partial charge on any atom is -0.550 e. The van der Waals surface area contributed by atoms with Crippen LogP contribution in [0.3, 0.4) is 0 Å². The molecular weight excluding hydrogens is 318 g/mol. The van der Waals surface area contributed by atoms with Gasteiger partial charge in [0.25, 0.3) is 0 Å². The third-order valence-corrected chi connectivity index (χ3v) is 3.89. The number of amides is 1. The van der Waals surface area contributed by atoms with Crippen LogP contribution < -0.4 is 15.2 Å². The van der Waals surface area contributed by atoms with Gasteiger partial charge in [0.05, 0.1) is 6.54 Å². The molecule has 0 radical (unpaired) electrons. The molecule has 0 bridgehead atoms. The first-order valence-electron chi connectivity index (χ1n) is 8.65. The summed E-state index contributed by atoms with van der Waals surface area (Å²) < 4.78 is 5.86. The molecule has 0 atom stereocenters. The van der Waals surface area contributed by atoms with Gasteiger partial charge in [-0.15, -0.1) is 0 Å². The monoisotopic (exact) mass is 348 g/mol. The third kappa shape index (κ3) is 7.16. The quantitative estimate of drug-likeness (QED) is 0.767. The summed E-state index contributed by atoms with van der Waals surface area (Å²) in [5, 5.41) is 13.0. The van der Waals surface area contributed by atoms with E-state index in [1.54, 1.807) is 0 Å². The molecule has 5 nitrogen and oxygen atoms in total. The number of benzene rings is 1. The van der Waals surface area contributed by atoms with E-state index in [-0.39, 0.29) is 29.6 Å². The van der Waals surface area contributed by atoms with Crippen molar-refractivity contribution in [3.05, 3.63) is 29.3 Å². The average molecular weight is 348 g/mol. The van der Waals surface area contributed by atoms with E-state index in [0.29, 0.717) is 13.2 Å². The van der Waals surface area contributed by atoms with Gasteiger partial charge in [0.15, 0.2) is 0 Å². The Balaban J connectivity index is 2.69. The first-order valence-corrected chi connectivity index (χ1v) is 8.65. The zero-order valence-electron chi connectivity index (χ0n) is 16.2. The predicted molar refractivity (Wildman–Crippen MR) is 96.6 cm³/mol. The van der Waals surface area contributed by atoms with Gasteiger partial charge < -0.3 is 20.0 Å².